The van der Waals surface area contributed by atoms with Crippen LogP contribution in [-0.2, 0) is 26.6 Å². The zero-order valence-electron chi connectivity index (χ0n) is 25.8. The van der Waals surface area contributed by atoms with Gasteiger partial charge in [0.1, 0.15) is 5.75 Å². The summed E-state index contributed by atoms with van der Waals surface area (Å²) in [6.45, 7) is 7.99. The van der Waals surface area contributed by atoms with E-state index in [2.05, 4.69) is 28.7 Å². The number of nitrogens with one attached hydrogen (secondary N) is 1. The normalized spacial score (nSPS) is 34.2. The fourth-order valence-electron chi connectivity index (χ4n) is 8.17. The van der Waals surface area contributed by atoms with Gasteiger partial charge < -0.3 is 14.4 Å². The third-order valence-corrected chi connectivity index (χ3v) is 13.4. The van der Waals surface area contributed by atoms with Gasteiger partial charge >= 0.3 is 0 Å². The highest BCUT2D eigenvalue weighted by molar-refractivity contribution is 7.90. The van der Waals surface area contributed by atoms with Gasteiger partial charge in [-0.05, 0) is 118 Å². The molecule has 43 heavy (non-hydrogen) atoms. The molecule has 6 rings (SSSR count). The largest absolute Gasteiger partial charge is 0.490 e. The molecule has 7 nitrogen and oxygen atoms in total. The van der Waals surface area contributed by atoms with Gasteiger partial charge in [-0.15, -0.1) is 0 Å². The zero-order valence-corrected chi connectivity index (χ0v) is 27.4. The molecule has 0 radical (unpaired) electrons. The Hall–Kier alpha value is -2.29. The number of halogens is 1. The number of hydrogen-bond donors (Lipinski definition) is 1. The first-order chi connectivity index (χ1) is 20.4. The fraction of sp³-hybridized carbons (Fsp3) is 0.618. The molecule has 1 fully saturated rings. The lowest BCUT2D eigenvalue weighted by Crippen LogP contribution is -2.52. The molecule has 0 saturated heterocycles. The van der Waals surface area contributed by atoms with Gasteiger partial charge in [-0.25, -0.2) is 13.1 Å². The first-order valence-corrected chi connectivity index (χ1v) is 17.8. The Morgan fingerprint density at radius 2 is 1.88 bits per heavy atom. The summed E-state index contributed by atoms with van der Waals surface area (Å²) in [7, 11) is -2.05. The van der Waals surface area contributed by atoms with Gasteiger partial charge in [-0.1, -0.05) is 31.0 Å². The first-order valence-electron chi connectivity index (χ1n) is 15.9. The van der Waals surface area contributed by atoms with Crippen LogP contribution in [0.15, 0.2) is 36.4 Å². The van der Waals surface area contributed by atoms with Crippen LogP contribution in [0.1, 0.15) is 87.2 Å². The maximum absolute atomic E-state index is 13.4. The average Bonchev–Trinajstić information content (AvgIpc) is 3.11. The van der Waals surface area contributed by atoms with Crippen LogP contribution in [0.2, 0.25) is 5.02 Å². The van der Waals surface area contributed by atoms with E-state index in [9.17, 15) is 13.2 Å². The number of nitrogens with zero attached hydrogens (tertiary/aromatic N) is 1. The van der Waals surface area contributed by atoms with E-state index in [0.29, 0.717) is 24.0 Å². The molecule has 234 valence electrons. The molecule has 0 unspecified atom stereocenters. The van der Waals surface area contributed by atoms with Gasteiger partial charge in [0, 0.05) is 36.2 Å². The summed E-state index contributed by atoms with van der Waals surface area (Å²) in [6, 6.07) is 11.6. The summed E-state index contributed by atoms with van der Waals surface area (Å²) in [5.74, 6) is 0.861. The molecule has 2 aliphatic carbocycles. The monoisotopic (exact) mass is 628 g/mol. The number of benzene rings is 2. The number of rotatable bonds is 1. The molecule has 4 aliphatic rings. The second kappa shape index (κ2) is 11.6. The van der Waals surface area contributed by atoms with Crippen molar-refractivity contribution in [3.8, 4) is 5.75 Å². The number of aryl methyl sites for hydroxylation is 1. The Morgan fingerprint density at radius 1 is 1.07 bits per heavy atom. The average molecular weight is 629 g/mol. The summed E-state index contributed by atoms with van der Waals surface area (Å²) in [6.07, 6.45) is 7.78. The van der Waals surface area contributed by atoms with E-state index in [-0.39, 0.29) is 16.9 Å². The van der Waals surface area contributed by atoms with Crippen molar-refractivity contribution in [2.24, 2.45) is 17.8 Å². The number of ether oxygens (including phenoxy) is 2. The predicted molar refractivity (Wildman–Crippen MR) is 171 cm³/mol. The standard InChI is InChI=1S/C34H45ClN2O5S/c1-22-7-5-15-33(3,41-4)28-12-9-26(28)19-37-20-34(16-6-8-24-17-27(35)11-13-29(24)34)21-42-31-14-10-25(18-30(31)37)32(38)36-43(39,40)23(22)2/h10-11,13-14,17-18,22-23,26,28H,5-9,12,15-16,19-21H2,1-4H3,(H,36,38)/t22-,23+,26-,28+,33-,34-/m0/s1. The lowest BCUT2D eigenvalue weighted by molar-refractivity contribution is -0.103. The number of amides is 1. The van der Waals surface area contributed by atoms with Crippen LogP contribution < -0.4 is 14.4 Å². The smallest absolute Gasteiger partial charge is 0.264 e. The van der Waals surface area contributed by atoms with E-state index in [1.807, 2.05) is 32.2 Å². The number of anilines is 1. The number of carbonyl (C=O) groups excluding carboxylic acids is 1. The van der Waals surface area contributed by atoms with Gasteiger partial charge in [-0.3, -0.25) is 4.79 Å². The lowest BCUT2D eigenvalue weighted by atomic mass is 9.63. The summed E-state index contributed by atoms with van der Waals surface area (Å²) in [5, 5.41) is 0.0547. The Morgan fingerprint density at radius 3 is 2.63 bits per heavy atom. The second-order valence-corrected chi connectivity index (χ2v) is 16.3. The Labute approximate surface area is 261 Å². The van der Waals surface area contributed by atoms with Crippen molar-refractivity contribution in [2.45, 2.75) is 88.4 Å². The molecule has 1 spiro atoms. The minimum absolute atomic E-state index is 0.100. The zero-order chi connectivity index (χ0) is 30.6. The van der Waals surface area contributed by atoms with Crippen molar-refractivity contribution in [1.29, 1.82) is 0 Å². The van der Waals surface area contributed by atoms with E-state index in [0.717, 1.165) is 80.9 Å². The van der Waals surface area contributed by atoms with E-state index in [1.54, 1.807) is 13.0 Å². The third-order valence-electron chi connectivity index (χ3n) is 11.3. The molecule has 0 aromatic heterocycles. The topological polar surface area (TPSA) is 84.9 Å². The molecule has 2 heterocycles. The Balaban J connectivity index is 1.43. The Kier molecular flexibility index (Phi) is 8.27. The van der Waals surface area contributed by atoms with Crippen LogP contribution in [0.3, 0.4) is 0 Å². The van der Waals surface area contributed by atoms with Crippen molar-refractivity contribution < 1.29 is 22.7 Å². The maximum atomic E-state index is 13.4. The summed E-state index contributed by atoms with van der Waals surface area (Å²) < 4.78 is 41.8. The molecule has 6 atom stereocenters. The highest BCUT2D eigenvalue weighted by atomic mass is 35.5. The lowest BCUT2D eigenvalue weighted by Gasteiger charge is -2.50. The Bertz CT molecular complexity index is 1500. The van der Waals surface area contributed by atoms with Gasteiger partial charge in [0.05, 0.1) is 23.1 Å². The number of sulfonamides is 1. The highest BCUT2D eigenvalue weighted by Gasteiger charge is 2.48. The van der Waals surface area contributed by atoms with Gasteiger partial charge in [-0.2, -0.15) is 0 Å². The number of fused-ring (bicyclic) bond motifs is 4. The summed E-state index contributed by atoms with van der Waals surface area (Å²) in [5.41, 5.74) is 3.24. The molecule has 9 heteroatoms. The molecule has 2 aromatic carbocycles. The molecule has 1 saturated carbocycles. The molecular formula is C34H45ClN2O5S. The van der Waals surface area contributed by atoms with Crippen molar-refractivity contribution in [3.05, 3.63) is 58.1 Å². The minimum Gasteiger partial charge on any atom is -0.490 e. The fourth-order valence-corrected chi connectivity index (χ4v) is 9.67. The maximum Gasteiger partial charge on any atom is 0.264 e. The van der Waals surface area contributed by atoms with Gasteiger partial charge in [0.25, 0.3) is 5.91 Å². The van der Waals surface area contributed by atoms with Crippen molar-refractivity contribution >= 4 is 33.2 Å². The third kappa shape index (κ3) is 5.68. The molecule has 2 aliphatic heterocycles. The molecule has 2 aromatic rings. The van der Waals surface area contributed by atoms with E-state index in [1.165, 1.54) is 11.1 Å². The number of carbonyl (C=O) groups is 1. The van der Waals surface area contributed by atoms with Gasteiger partial charge in [0.15, 0.2) is 0 Å². The molecule has 2 bridgehead atoms. The van der Waals surface area contributed by atoms with Crippen molar-refractivity contribution in [3.63, 3.8) is 0 Å². The second-order valence-electron chi connectivity index (χ2n) is 13.8. The van der Waals surface area contributed by atoms with Gasteiger partial charge in [0.2, 0.25) is 10.0 Å². The van der Waals surface area contributed by atoms with Crippen LogP contribution in [0, 0.1) is 17.8 Å². The first kappa shape index (κ1) is 30.7. The highest BCUT2D eigenvalue weighted by Crippen LogP contribution is 2.49. The molecule has 1 amide bonds. The van der Waals surface area contributed by atoms with Crippen molar-refractivity contribution in [1.82, 2.24) is 4.72 Å². The van der Waals surface area contributed by atoms with Crippen LogP contribution in [0.4, 0.5) is 5.69 Å². The van der Waals surface area contributed by atoms with E-state index >= 15 is 0 Å². The molecule has 1 N–H and O–H groups in total. The number of hydrogen-bond acceptors (Lipinski definition) is 6. The van der Waals surface area contributed by atoms with E-state index in [4.69, 9.17) is 21.1 Å². The SMILES string of the molecule is CO[C@@]1(C)CCC[C@H](C)[C@@H](C)S(=O)(=O)NC(=O)c2ccc3c(c2)N(C[C@@H]2CC[C@H]21)C[C@@]1(CCCc2cc(Cl)ccc21)CO3. The summed E-state index contributed by atoms with van der Waals surface area (Å²) >= 11 is 6.42. The van der Waals surface area contributed by atoms with Crippen LogP contribution in [0.25, 0.3) is 0 Å². The predicted octanol–water partition coefficient (Wildman–Crippen LogP) is 6.51. The molecular weight excluding hydrogens is 584 g/mol. The van der Waals surface area contributed by atoms with Crippen LogP contribution in [0.5, 0.6) is 5.75 Å². The minimum atomic E-state index is -3.87. The van der Waals surface area contributed by atoms with Crippen molar-refractivity contribution in [2.75, 3.05) is 31.7 Å². The van der Waals surface area contributed by atoms with E-state index < -0.39 is 21.2 Å². The summed E-state index contributed by atoms with van der Waals surface area (Å²) in [4.78, 5) is 15.8. The van der Waals surface area contributed by atoms with Crippen LogP contribution >= 0.6 is 11.6 Å². The quantitative estimate of drug-likeness (QED) is 0.387. The van der Waals surface area contributed by atoms with Crippen LogP contribution in [-0.4, -0.2) is 52.0 Å². The number of methoxy groups -OCH3 is 1.